The highest BCUT2D eigenvalue weighted by atomic mass is 16.5. The summed E-state index contributed by atoms with van der Waals surface area (Å²) in [6.07, 6.45) is 17.4. The molecule has 1 saturated carbocycles. The molecule has 246 valence electrons. The zero-order chi connectivity index (χ0) is 32.8. The van der Waals surface area contributed by atoms with Gasteiger partial charge in [0.15, 0.2) is 0 Å². The number of phenolic OH excluding ortho intramolecular Hbond substituents is 1. The van der Waals surface area contributed by atoms with Crippen molar-refractivity contribution in [2.45, 2.75) is 103 Å². The number of benzene rings is 1. The summed E-state index contributed by atoms with van der Waals surface area (Å²) in [5.41, 5.74) is 2.06. The number of carbonyl (C=O) groups is 3. The van der Waals surface area contributed by atoms with E-state index in [4.69, 9.17) is 9.47 Å². The van der Waals surface area contributed by atoms with Crippen LogP contribution in [0, 0.1) is 11.8 Å². The van der Waals surface area contributed by atoms with Gasteiger partial charge in [0.2, 0.25) is 11.8 Å². The molecule has 2 bridgehead atoms. The van der Waals surface area contributed by atoms with Gasteiger partial charge in [-0.25, -0.2) is 4.79 Å². The van der Waals surface area contributed by atoms with Gasteiger partial charge in [0.1, 0.15) is 17.9 Å². The molecular weight excluding hydrogens is 572 g/mol. The summed E-state index contributed by atoms with van der Waals surface area (Å²) < 4.78 is 11.4. The SMILES string of the molecule is COC1/C=C/C=C/C=C\CC(OC(=O)C(C)NC(=O)C2CCCCC2)C(C)C(O)/C(C)=C/CCc2cc(O)cc(c2)NC(=O)C1. The van der Waals surface area contributed by atoms with Crippen LogP contribution in [0.3, 0.4) is 0 Å². The van der Waals surface area contributed by atoms with Gasteiger partial charge >= 0.3 is 5.97 Å². The highest BCUT2D eigenvalue weighted by Gasteiger charge is 2.31. The lowest BCUT2D eigenvalue weighted by Crippen LogP contribution is -2.45. The molecule has 5 unspecified atom stereocenters. The molecule has 45 heavy (non-hydrogen) atoms. The van der Waals surface area contributed by atoms with Crippen LogP contribution < -0.4 is 10.6 Å². The lowest BCUT2D eigenvalue weighted by atomic mass is 9.88. The maximum atomic E-state index is 13.1. The molecule has 1 aliphatic carbocycles. The largest absolute Gasteiger partial charge is 0.508 e. The number of carbonyl (C=O) groups excluding carboxylic acids is 3. The number of aliphatic hydroxyl groups excluding tert-OH is 1. The predicted molar refractivity (Wildman–Crippen MR) is 175 cm³/mol. The molecule has 5 atom stereocenters. The number of aromatic hydroxyl groups is 1. The second-order valence-electron chi connectivity index (χ2n) is 12.2. The number of ether oxygens (including phenoxy) is 2. The fourth-order valence-electron chi connectivity index (χ4n) is 5.70. The zero-order valence-electron chi connectivity index (χ0n) is 27.0. The normalized spacial score (nSPS) is 28.2. The molecule has 0 aromatic heterocycles. The number of hydrogen-bond acceptors (Lipinski definition) is 7. The number of fused-ring (bicyclic) bond motifs is 2. The molecule has 1 aromatic carbocycles. The second-order valence-corrected chi connectivity index (χ2v) is 12.2. The molecule has 0 saturated heterocycles. The predicted octanol–water partition coefficient (Wildman–Crippen LogP) is 5.68. The van der Waals surface area contributed by atoms with E-state index >= 15 is 0 Å². The zero-order valence-corrected chi connectivity index (χ0v) is 27.0. The van der Waals surface area contributed by atoms with Crippen molar-refractivity contribution in [1.82, 2.24) is 5.32 Å². The van der Waals surface area contributed by atoms with Gasteiger partial charge in [-0.05, 0) is 62.8 Å². The fourth-order valence-corrected chi connectivity index (χ4v) is 5.70. The second kappa shape index (κ2) is 18.3. The van der Waals surface area contributed by atoms with E-state index in [-0.39, 0.29) is 29.9 Å². The van der Waals surface area contributed by atoms with Gasteiger partial charge < -0.3 is 30.3 Å². The third-order valence-corrected chi connectivity index (χ3v) is 8.52. The van der Waals surface area contributed by atoms with Crippen LogP contribution in [0.5, 0.6) is 5.75 Å². The Morgan fingerprint density at radius 2 is 1.80 bits per heavy atom. The summed E-state index contributed by atoms with van der Waals surface area (Å²) in [6, 6.07) is 4.16. The Hall–Kier alpha value is -3.69. The summed E-state index contributed by atoms with van der Waals surface area (Å²) in [5.74, 6) is -1.33. The Bertz CT molecular complexity index is 1260. The van der Waals surface area contributed by atoms with Crippen LogP contribution >= 0.6 is 0 Å². The highest BCUT2D eigenvalue weighted by molar-refractivity contribution is 5.91. The van der Waals surface area contributed by atoms with Crippen molar-refractivity contribution in [3.8, 4) is 5.75 Å². The maximum absolute atomic E-state index is 13.1. The topological polar surface area (TPSA) is 134 Å². The van der Waals surface area contributed by atoms with Gasteiger partial charge in [0.25, 0.3) is 0 Å². The molecule has 3 rings (SSSR count). The van der Waals surface area contributed by atoms with Gasteiger partial charge in [0.05, 0.1) is 18.6 Å². The number of esters is 1. The molecule has 2 amide bonds. The van der Waals surface area contributed by atoms with Crippen molar-refractivity contribution in [3.05, 3.63) is 71.9 Å². The number of aryl methyl sites for hydroxylation is 1. The molecule has 9 heteroatoms. The van der Waals surface area contributed by atoms with E-state index in [2.05, 4.69) is 10.6 Å². The van der Waals surface area contributed by atoms with Crippen molar-refractivity contribution in [2.24, 2.45) is 11.8 Å². The molecule has 1 aromatic rings. The quantitative estimate of drug-likeness (QED) is 0.245. The van der Waals surface area contributed by atoms with Crippen molar-refractivity contribution in [3.63, 3.8) is 0 Å². The molecule has 4 N–H and O–H groups in total. The number of hydrogen-bond donors (Lipinski definition) is 4. The van der Waals surface area contributed by atoms with Gasteiger partial charge in [-0.3, -0.25) is 9.59 Å². The Morgan fingerprint density at radius 3 is 2.53 bits per heavy atom. The van der Waals surface area contributed by atoms with E-state index in [9.17, 15) is 24.6 Å². The fraction of sp³-hybridized carbons (Fsp3) is 0.528. The van der Waals surface area contributed by atoms with Crippen molar-refractivity contribution in [1.29, 1.82) is 0 Å². The lowest BCUT2D eigenvalue weighted by molar-refractivity contribution is -0.156. The molecule has 0 spiro atoms. The highest BCUT2D eigenvalue weighted by Crippen LogP contribution is 2.26. The first-order valence-electron chi connectivity index (χ1n) is 16.1. The first-order chi connectivity index (χ1) is 21.6. The number of nitrogens with one attached hydrogen (secondary N) is 2. The van der Waals surface area contributed by atoms with E-state index < -0.39 is 36.2 Å². The Morgan fingerprint density at radius 1 is 1.07 bits per heavy atom. The van der Waals surface area contributed by atoms with Gasteiger partial charge in [-0.2, -0.15) is 0 Å². The minimum absolute atomic E-state index is 0.0465. The van der Waals surface area contributed by atoms with Crippen LogP contribution in [-0.2, 0) is 30.3 Å². The first kappa shape index (κ1) is 35.8. The van der Waals surface area contributed by atoms with E-state index in [0.717, 1.165) is 43.2 Å². The number of methoxy groups -OCH3 is 1. The molecule has 0 radical (unpaired) electrons. The number of amides is 2. The summed E-state index contributed by atoms with van der Waals surface area (Å²) in [6.45, 7) is 5.33. The lowest BCUT2D eigenvalue weighted by Gasteiger charge is -2.29. The third-order valence-electron chi connectivity index (χ3n) is 8.52. The van der Waals surface area contributed by atoms with Crippen molar-refractivity contribution in [2.75, 3.05) is 12.4 Å². The van der Waals surface area contributed by atoms with Crippen LogP contribution in [0.15, 0.2) is 66.3 Å². The van der Waals surface area contributed by atoms with Crippen LogP contribution in [0.4, 0.5) is 5.69 Å². The van der Waals surface area contributed by atoms with E-state index in [1.54, 1.807) is 31.2 Å². The van der Waals surface area contributed by atoms with Crippen LogP contribution in [0.25, 0.3) is 0 Å². The maximum Gasteiger partial charge on any atom is 0.328 e. The Labute approximate surface area is 267 Å². The van der Waals surface area contributed by atoms with Crippen LogP contribution in [-0.4, -0.2) is 59.5 Å². The summed E-state index contributed by atoms with van der Waals surface area (Å²) in [5, 5.41) is 27.2. The Kier molecular flexibility index (Phi) is 14.6. The average Bonchev–Trinajstić information content (AvgIpc) is 3.01. The van der Waals surface area contributed by atoms with Crippen LogP contribution in [0.1, 0.15) is 77.7 Å². The van der Waals surface area contributed by atoms with E-state index in [1.807, 2.05) is 44.2 Å². The number of phenols is 1. The van der Waals surface area contributed by atoms with Crippen molar-refractivity contribution < 1.29 is 34.1 Å². The monoisotopic (exact) mass is 622 g/mol. The number of aliphatic hydroxyl groups is 1. The molecule has 9 nitrogen and oxygen atoms in total. The summed E-state index contributed by atoms with van der Waals surface area (Å²) in [7, 11) is 1.54. The van der Waals surface area contributed by atoms with Gasteiger partial charge in [-0.15, -0.1) is 0 Å². The minimum atomic E-state index is -0.874. The molecule has 1 heterocycles. The van der Waals surface area contributed by atoms with Crippen LogP contribution in [0.2, 0.25) is 0 Å². The van der Waals surface area contributed by atoms with Gasteiger partial charge in [-0.1, -0.05) is 68.7 Å². The van der Waals surface area contributed by atoms with Gasteiger partial charge in [0, 0.05) is 37.1 Å². The summed E-state index contributed by atoms with van der Waals surface area (Å²) in [4.78, 5) is 38.5. The van der Waals surface area contributed by atoms with Crippen molar-refractivity contribution >= 4 is 23.5 Å². The molecule has 1 aliphatic heterocycles. The summed E-state index contributed by atoms with van der Waals surface area (Å²) >= 11 is 0. The standard InChI is InChI=1S/C36H50N2O7/c1-24-14-13-15-27-20-29(22-30(39)21-27)38-33(40)23-31(44-4)18-11-6-5-7-12-19-32(25(2)34(24)41)45-36(43)26(3)37-35(42)28-16-9-8-10-17-28/h5-7,11-12,14,18,20-22,25-26,28,31-32,34,39,41H,8-10,13,15-17,19,23H2,1-4H3,(H,37,42)(H,38,40)/b6-5+,12-7-,18-11+,24-14+. The van der Waals surface area contributed by atoms with E-state index in [0.29, 0.717) is 24.9 Å². The smallest absolute Gasteiger partial charge is 0.328 e. The third kappa shape index (κ3) is 12.0. The molecular formula is C36H50N2O7. The Balaban J connectivity index is 1.78. The number of anilines is 1. The molecule has 2 aliphatic rings. The minimum Gasteiger partial charge on any atom is -0.508 e. The number of allylic oxidation sites excluding steroid dienone is 5. The van der Waals surface area contributed by atoms with E-state index in [1.165, 1.54) is 13.2 Å². The average molecular weight is 623 g/mol. The molecule has 1 fully saturated rings. The first-order valence-corrected chi connectivity index (χ1v) is 16.1. The number of rotatable bonds is 5.